The molecule has 1 aromatic rings. The SMILES string of the molecule is CC(C)NS(=O)(=O)c1ccccc1N[C@H](CO)C(C)C. The van der Waals surface area contributed by atoms with Gasteiger partial charge in [-0.15, -0.1) is 0 Å². The first-order valence-corrected chi connectivity index (χ1v) is 8.25. The predicted octanol–water partition coefficient (Wildman–Crippen LogP) is 1.80. The van der Waals surface area contributed by atoms with E-state index >= 15 is 0 Å². The van der Waals surface area contributed by atoms with Crippen LogP contribution in [0, 0.1) is 5.92 Å². The molecule has 0 aliphatic heterocycles. The van der Waals surface area contributed by atoms with Crippen molar-refractivity contribution in [2.24, 2.45) is 5.92 Å². The Hall–Kier alpha value is -1.11. The van der Waals surface area contributed by atoms with E-state index in [1.807, 2.05) is 13.8 Å². The molecule has 0 spiro atoms. The molecule has 0 bridgehead atoms. The first-order chi connectivity index (χ1) is 9.27. The van der Waals surface area contributed by atoms with Gasteiger partial charge in [0.2, 0.25) is 10.0 Å². The summed E-state index contributed by atoms with van der Waals surface area (Å²) < 4.78 is 27.1. The number of anilines is 1. The molecule has 1 rings (SSSR count). The van der Waals surface area contributed by atoms with Gasteiger partial charge in [0.1, 0.15) is 4.90 Å². The number of rotatable bonds is 7. The maximum absolute atomic E-state index is 12.3. The highest BCUT2D eigenvalue weighted by Crippen LogP contribution is 2.23. The normalized spacial score (nSPS) is 13.8. The lowest BCUT2D eigenvalue weighted by atomic mass is 10.1. The summed E-state index contributed by atoms with van der Waals surface area (Å²) in [6, 6.07) is 6.36. The molecule has 0 saturated heterocycles. The number of nitrogens with one attached hydrogen (secondary N) is 2. The lowest BCUT2D eigenvalue weighted by Crippen LogP contribution is -2.33. The van der Waals surface area contributed by atoms with Crippen molar-refractivity contribution in [3.8, 4) is 0 Å². The fourth-order valence-corrected chi connectivity index (χ4v) is 3.24. The molecular formula is C14H24N2O3S. The van der Waals surface area contributed by atoms with Crippen LogP contribution in [0.3, 0.4) is 0 Å². The van der Waals surface area contributed by atoms with E-state index in [0.717, 1.165) is 0 Å². The van der Waals surface area contributed by atoms with Gasteiger partial charge in [0.25, 0.3) is 0 Å². The number of aliphatic hydroxyl groups excluding tert-OH is 1. The van der Waals surface area contributed by atoms with Gasteiger partial charge < -0.3 is 10.4 Å². The Morgan fingerprint density at radius 2 is 1.75 bits per heavy atom. The highest BCUT2D eigenvalue weighted by Gasteiger charge is 2.21. The predicted molar refractivity (Wildman–Crippen MR) is 81.2 cm³/mol. The summed E-state index contributed by atoms with van der Waals surface area (Å²) >= 11 is 0. The third-order valence-electron chi connectivity index (χ3n) is 2.91. The summed E-state index contributed by atoms with van der Waals surface area (Å²) in [4.78, 5) is 0.202. The fourth-order valence-electron chi connectivity index (χ4n) is 1.82. The van der Waals surface area contributed by atoms with Crippen molar-refractivity contribution in [1.29, 1.82) is 0 Å². The smallest absolute Gasteiger partial charge is 0.242 e. The van der Waals surface area contributed by atoms with Gasteiger partial charge in [0.05, 0.1) is 18.3 Å². The van der Waals surface area contributed by atoms with E-state index in [1.165, 1.54) is 0 Å². The molecule has 0 unspecified atom stereocenters. The van der Waals surface area contributed by atoms with Crippen LogP contribution in [0.5, 0.6) is 0 Å². The minimum absolute atomic E-state index is 0.0519. The van der Waals surface area contributed by atoms with Crippen LogP contribution in [0.1, 0.15) is 27.7 Å². The van der Waals surface area contributed by atoms with Gasteiger partial charge in [0, 0.05) is 6.04 Å². The number of aliphatic hydroxyl groups is 1. The van der Waals surface area contributed by atoms with Crippen LogP contribution < -0.4 is 10.0 Å². The van der Waals surface area contributed by atoms with E-state index in [-0.39, 0.29) is 29.5 Å². The molecule has 0 amide bonds. The summed E-state index contributed by atoms with van der Waals surface area (Å²) in [6.45, 7) is 7.44. The summed E-state index contributed by atoms with van der Waals surface area (Å²) in [7, 11) is -3.56. The molecule has 1 aromatic carbocycles. The summed E-state index contributed by atoms with van der Waals surface area (Å²) in [5.41, 5.74) is 0.508. The molecule has 0 aliphatic carbocycles. The third kappa shape index (κ3) is 4.47. The van der Waals surface area contributed by atoms with E-state index in [1.54, 1.807) is 38.1 Å². The fraction of sp³-hybridized carbons (Fsp3) is 0.571. The van der Waals surface area contributed by atoms with Gasteiger partial charge in [-0.25, -0.2) is 13.1 Å². The zero-order valence-corrected chi connectivity index (χ0v) is 13.2. The van der Waals surface area contributed by atoms with Crippen molar-refractivity contribution >= 4 is 15.7 Å². The second kappa shape index (κ2) is 7.06. The van der Waals surface area contributed by atoms with E-state index in [9.17, 15) is 13.5 Å². The second-order valence-electron chi connectivity index (χ2n) is 5.45. The maximum Gasteiger partial charge on any atom is 0.242 e. The first-order valence-electron chi connectivity index (χ1n) is 6.76. The quantitative estimate of drug-likeness (QED) is 0.717. The average molecular weight is 300 g/mol. The second-order valence-corrected chi connectivity index (χ2v) is 7.13. The molecule has 0 radical (unpaired) electrons. The topological polar surface area (TPSA) is 78.4 Å². The minimum atomic E-state index is -3.56. The molecular weight excluding hydrogens is 276 g/mol. The van der Waals surface area contributed by atoms with Crippen molar-refractivity contribution in [1.82, 2.24) is 4.72 Å². The largest absolute Gasteiger partial charge is 0.394 e. The van der Waals surface area contributed by atoms with Crippen LogP contribution in [-0.4, -0.2) is 32.2 Å². The monoisotopic (exact) mass is 300 g/mol. The number of benzene rings is 1. The van der Waals surface area contributed by atoms with Gasteiger partial charge in [-0.1, -0.05) is 26.0 Å². The van der Waals surface area contributed by atoms with Crippen molar-refractivity contribution in [3.63, 3.8) is 0 Å². The Labute approximate surface area is 121 Å². The van der Waals surface area contributed by atoms with E-state index in [0.29, 0.717) is 5.69 Å². The molecule has 6 heteroatoms. The molecule has 3 N–H and O–H groups in total. The Balaban J connectivity index is 3.11. The van der Waals surface area contributed by atoms with E-state index < -0.39 is 10.0 Å². The maximum atomic E-state index is 12.3. The molecule has 0 aromatic heterocycles. The lowest BCUT2D eigenvalue weighted by Gasteiger charge is -2.23. The van der Waals surface area contributed by atoms with Gasteiger partial charge in [-0.3, -0.25) is 0 Å². The van der Waals surface area contributed by atoms with Crippen LogP contribution in [-0.2, 0) is 10.0 Å². The van der Waals surface area contributed by atoms with Crippen molar-refractivity contribution in [3.05, 3.63) is 24.3 Å². The Morgan fingerprint density at radius 3 is 2.25 bits per heavy atom. The standard InChI is InChI=1S/C14H24N2O3S/c1-10(2)13(9-17)15-12-7-5-6-8-14(12)20(18,19)16-11(3)4/h5-8,10-11,13,15-17H,9H2,1-4H3/t13-/m1/s1. The number of para-hydroxylation sites is 1. The van der Waals surface area contributed by atoms with E-state index in [4.69, 9.17) is 0 Å². The minimum Gasteiger partial charge on any atom is -0.394 e. The Morgan fingerprint density at radius 1 is 1.15 bits per heavy atom. The number of hydrogen-bond donors (Lipinski definition) is 3. The molecule has 5 nitrogen and oxygen atoms in total. The van der Waals surface area contributed by atoms with E-state index in [2.05, 4.69) is 10.0 Å². The van der Waals surface area contributed by atoms with Crippen LogP contribution in [0.4, 0.5) is 5.69 Å². The van der Waals surface area contributed by atoms with Gasteiger partial charge in [-0.2, -0.15) is 0 Å². The Kier molecular flexibility index (Phi) is 5.98. The average Bonchev–Trinajstić information content (AvgIpc) is 2.34. The number of sulfonamides is 1. The molecule has 1 atom stereocenters. The van der Waals surface area contributed by atoms with Crippen LogP contribution in [0.15, 0.2) is 29.2 Å². The van der Waals surface area contributed by atoms with Gasteiger partial charge in [0.15, 0.2) is 0 Å². The van der Waals surface area contributed by atoms with Crippen molar-refractivity contribution in [2.75, 3.05) is 11.9 Å². The van der Waals surface area contributed by atoms with Crippen molar-refractivity contribution < 1.29 is 13.5 Å². The summed E-state index contributed by atoms with van der Waals surface area (Å²) in [6.07, 6.45) is 0. The van der Waals surface area contributed by atoms with Gasteiger partial charge >= 0.3 is 0 Å². The summed E-state index contributed by atoms with van der Waals surface area (Å²) in [5.74, 6) is 0.189. The highest BCUT2D eigenvalue weighted by molar-refractivity contribution is 7.89. The van der Waals surface area contributed by atoms with Crippen LogP contribution in [0.2, 0.25) is 0 Å². The highest BCUT2D eigenvalue weighted by atomic mass is 32.2. The van der Waals surface area contributed by atoms with Crippen molar-refractivity contribution in [2.45, 2.75) is 44.7 Å². The molecule has 0 saturated carbocycles. The molecule has 20 heavy (non-hydrogen) atoms. The zero-order chi connectivity index (χ0) is 15.3. The van der Waals surface area contributed by atoms with Crippen LogP contribution >= 0.6 is 0 Å². The van der Waals surface area contributed by atoms with Gasteiger partial charge in [-0.05, 0) is 31.9 Å². The molecule has 114 valence electrons. The first kappa shape index (κ1) is 16.9. The third-order valence-corrected chi connectivity index (χ3v) is 4.63. The lowest BCUT2D eigenvalue weighted by molar-refractivity contribution is 0.249. The Bertz CT molecular complexity index is 527. The molecule has 0 fully saturated rings. The summed E-state index contributed by atoms with van der Waals surface area (Å²) in [5, 5.41) is 12.5. The number of hydrogen-bond acceptors (Lipinski definition) is 4. The molecule has 0 aliphatic rings. The van der Waals surface area contributed by atoms with Crippen LogP contribution in [0.25, 0.3) is 0 Å². The zero-order valence-electron chi connectivity index (χ0n) is 12.4. The molecule has 0 heterocycles.